The van der Waals surface area contributed by atoms with Crippen molar-refractivity contribution in [1.82, 2.24) is 15.0 Å². The Morgan fingerprint density at radius 1 is 1.32 bits per heavy atom. The first-order chi connectivity index (χ1) is 9.11. The SMILES string of the molecule is CC(C)CCn1nnc(C=O)c1-c1ccc(Cl)cc1. The summed E-state index contributed by atoms with van der Waals surface area (Å²) in [6, 6.07) is 7.34. The molecule has 2 aromatic rings. The van der Waals surface area contributed by atoms with E-state index in [1.54, 1.807) is 16.8 Å². The number of benzene rings is 1. The van der Waals surface area contributed by atoms with Crippen LogP contribution in [0.15, 0.2) is 24.3 Å². The van der Waals surface area contributed by atoms with Crippen LogP contribution in [0.3, 0.4) is 0 Å². The van der Waals surface area contributed by atoms with Crippen LogP contribution in [0.25, 0.3) is 11.3 Å². The van der Waals surface area contributed by atoms with Gasteiger partial charge in [0.2, 0.25) is 0 Å². The molecule has 100 valence electrons. The van der Waals surface area contributed by atoms with E-state index in [1.807, 2.05) is 12.1 Å². The molecule has 0 unspecified atom stereocenters. The van der Waals surface area contributed by atoms with Gasteiger partial charge in [-0.3, -0.25) is 4.79 Å². The number of aryl methyl sites for hydroxylation is 1. The molecular weight excluding hydrogens is 262 g/mol. The number of hydrogen-bond donors (Lipinski definition) is 0. The first kappa shape index (κ1) is 13.7. The van der Waals surface area contributed by atoms with Gasteiger partial charge in [-0.25, -0.2) is 4.68 Å². The summed E-state index contributed by atoms with van der Waals surface area (Å²) >= 11 is 5.88. The minimum atomic E-state index is 0.367. The Bertz CT molecular complexity index is 561. The van der Waals surface area contributed by atoms with E-state index in [-0.39, 0.29) is 0 Å². The Kier molecular flexibility index (Phi) is 4.32. The molecule has 0 aliphatic carbocycles. The highest BCUT2D eigenvalue weighted by molar-refractivity contribution is 6.30. The number of carbonyl (C=O) groups is 1. The maximum Gasteiger partial charge on any atom is 0.172 e. The molecule has 0 bridgehead atoms. The standard InChI is InChI=1S/C14H16ClN3O/c1-10(2)7-8-18-14(13(9-19)16-17-18)11-3-5-12(15)6-4-11/h3-6,9-10H,7-8H2,1-2H3. The van der Waals surface area contributed by atoms with E-state index < -0.39 is 0 Å². The summed E-state index contributed by atoms with van der Waals surface area (Å²) in [5.41, 5.74) is 2.03. The molecule has 1 heterocycles. The highest BCUT2D eigenvalue weighted by Gasteiger charge is 2.14. The van der Waals surface area contributed by atoms with Crippen molar-refractivity contribution in [3.05, 3.63) is 35.0 Å². The summed E-state index contributed by atoms with van der Waals surface area (Å²) in [5.74, 6) is 0.571. The maximum absolute atomic E-state index is 11.1. The van der Waals surface area contributed by atoms with Crippen molar-refractivity contribution in [2.75, 3.05) is 0 Å². The van der Waals surface area contributed by atoms with Gasteiger partial charge in [-0.2, -0.15) is 0 Å². The topological polar surface area (TPSA) is 47.8 Å². The van der Waals surface area contributed by atoms with Crippen molar-refractivity contribution in [1.29, 1.82) is 0 Å². The number of hydrogen-bond acceptors (Lipinski definition) is 3. The van der Waals surface area contributed by atoms with E-state index in [0.717, 1.165) is 30.5 Å². The van der Waals surface area contributed by atoms with Crippen LogP contribution in [0.1, 0.15) is 30.8 Å². The van der Waals surface area contributed by atoms with E-state index in [2.05, 4.69) is 24.2 Å². The number of aromatic nitrogens is 3. The smallest absolute Gasteiger partial charge is 0.172 e. The molecule has 2 rings (SSSR count). The van der Waals surface area contributed by atoms with Gasteiger partial charge in [0, 0.05) is 17.1 Å². The van der Waals surface area contributed by atoms with E-state index in [9.17, 15) is 4.79 Å². The van der Waals surface area contributed by atoms with E-state index in [1.165, 1.54) is 0 Å². The molecule has 19 heavy (non-hydrogen) atoms. The number of rotatable bonds is 5. The lowest BCUT2D eigenvalue weighted by molar-refractivity contribution is 0.111. The minimum Gasteiger partial charge on any atom is -0.296 e. The Hall–Kier alpha value is -1.68. The van der Waals surface area contributed by atoms with Crippen molar-refractivity contribution < 1.29 is 4.79 Å². The lowest BCUT2D eigenvalue weighted by Gasteiger charge is -2.08. The van der Waals surface area contributed by atoms with Crippen molar-refractivity contribution in [2.45, 2.75) is 26.8 Å². The van der Waals surface area contributed by atoms with Gasteiger partial charge < -0.3 is 0 Å². The monoisotopic (exact) mass is 277 g/mol. The van der Waals surface area contributed by atoms with Crippen molar-refractivity contribution in [2.24, 2.45) is 5.92 Å². The second-order valence-electron chi connectivity index (χ2n) is 4.85. The van der Waals surface area contributed by atoms with Gasteiger partial charge in [-0.05, 0) is 24.5 Å². The van der Waals surface area contributed by atoms with Crippen LogP contribution < -0.4 is 0 Å². The van der Waals surface area contributed by atoms with Crippen LogP contribution in [0.2, 0.25) is 5.02 Å². The molecule has 0 aliphatic heterocycles. The van der Waals surface area contributed by atoms with E-state index in [0.29, 0.717) is 16.6 Å². The van der Waals surface area contributed by atoms with Gasteiger partial charge in [0.15, 0.2) is 12.0 Å². The van der Waals surface area contributed by atoms with E-state index >= 15 is 0 Å². The summed E-state index contributed by atoms with van der Waals surface area (Å²) in [7, 11) is 0. The van der Waals surface area contributed by atoms with Crippen LogP contribution in [-0.2, 0) is 6.54 Å². The largest absolute Gasteiger partial charge is 0.296 e. The predicted octanol–water partition coefficient (Wildman–Crippen LogP) is 3.46. The third-order valence-electron chi connectivity index (χ3n) is 2.91. The first-order valence-electron chi connectivity index (χ1n) is 6.26. The zero-order valence-corrected chi connectivity index (χ0v) is 11.8. The fraction of sp³-hybridized carbons (Fsp3) is 0.357. The van der Waals surface area contributed by atoms with Gasteiger partial charge in [0.05, 0.1) is 5.69 Å². The molecule has 0 N–H and O–H groups in total. The first-order valence-corrected chi connectivity index (χ1v) is 6.64. The Balaban J connectivity index is 2.38. The summed E-state index contributed by atoms with van der Waals surface area (Å²) in [6.45, 7) is 5.05. The average molecular weight is 278 g/mol. The van der Waals surface area contributed by atoms with Gasteiger partial charge in [-0.1, -0.05) is 42.8 Å². The zero-order chi connectivity index (χ0) is 13.8. The molecule has 0 fully saturated rings. The maximum atomic E-state index is 11.1. The van der Waals surface area contributed by atoms with Crippen LogP contribution in [0, 0.1) is 5.92 Å². The summed E-state index contributed by atoms with van der Waals surface area (Å²) < 4.78 is 1.78. The number of carbonyl (C=O) groups excluding carboxylic acids is 1. The molecule has 1 aromatic heterocycles. The second-order valence-corrected chi connectivity index (χ2v) is 5.29. The normalized spacial score (nSPS) is 10.9. The van der Waals surface area contributed by atoms with Crippen LogP contribution in [0.4, 0.5) is 0 Å². The minimum absolute atomic E-state index is 0.367. The predicted molar refractivity (Wildman–Crippen MR) is 75.3 cm³/mol. The lowest BCUT2D eigenvalue weighted by atomic mass is 10.1. The highest BCUT2D eigenvalue weighted by atomic mass is 35.5. The summed E-state index contributed by atoms with van der Waals surface area (Å²) in [4.78, 5) is 11.1. The second kappa shape index (κ2) is 5.97. The van der Waals surface area contributed by atoms with Crippen LogP contribution in [0.5, 0.6) is 0 Å². The molecule has 0 spiro atoms. The molecule has 4 nitrogen and oxygen atoms in total. The molecule has 0 aliphatic rings. The van der Waals surface area contributed by atoms with Crippen molar-refractivity contribution >= 4 is 17.9 Å². The summed E-state index contributed by atoms with van der Waals surface area (Å²) in [5, 5.41) is 8.65. The fourth-order valence-electron chi connectivity index (χ4n) is 1.85. The van der Waals surface area contributed by atoms with Crippen molar-refractivity contribution in [3.8, 4) is 11.3 Å². The number of aldehydes is 1. The fourth-order valence-corrected chi connectivity index (χ4v) is 1.97. The molecule has 0 radical (unpaired) electrons. The average Bonchev–Trinajstić information content (AvgIpc) is 2.80. The van der Waals surface area contributed by atoms with Gasteiger partial charge in [0.1, 0.15) is 0 Å². The van der Waals surface area contributed by atoms with Crippen molar-refractivity contribution in [3.63, 3.8) is 0 Å². The molecule has 0 saturated heterocycles. The van der Waals surface area contributed by atoms with E-state index in [4.69, 9.17) is 11.6 Å². The van der Waals surface area contributed by atoms with Gasteiger partial charge >= 0.3 is 0 Å². The number of halogens is 1. The lowest BCUT2D eigenvalue weighted by Crippen LogP contribution is -2.05. The quantitative estimate of drug-likeness (QED) is 0.787. The molecular formula is C14H16ClN3O. The third kappa shape index (κ3) is 3.20. The molecule has 5 heteroatoms. The van der Waals surface area contributed by atoms with Gasteiger partial charge in [0.25, 0.3) is 0 Å². The van der Waals surface area contributed by atoms with Crippen LogP contribution in [-0.4, -0.2) is 21.3 Å². The summed E-state index contributed by atoms with van der Waals surface area (Å²) in [6.07, 6.45) is 1.73. The Morgan fingerprint density at radius 3 is 2.58 bits per heavy atom. The Labute approximate surface area is 117 Å². The van der Waals surface area contributed by atoms with Crippen LogP contribution >= 0.6 is 11.6 Å². The highest BCUT2D eigenvalue weighted by Crippen LogP contribution is 2.23. The number of nitrogens with zero attached hydrogens (tertiary/aromatic N) is 3. The molecule has 1 aromatic carbocycles. The zero-order valence-electron chi connectivity index (χ0n) is 11.0. The molecule has 0 saturated carbocycles. The Morgan fingerprint density at radius 2 is 2.00 bits per heavy atom. The molecule has 0 atom stereocenters. The third-order valence-corrected chi connectivity index (χ3v) is 3.16. The molecule has 0 amide bonds. The van der Waals surface area contributed by atoms with Gasteiger partial charge in [-0.15, -0.1) is 5.10 Å².